The highest BCUT2D eigenvalue weighted by Crippen LogP contribution is 2.48. The number of nitrogens with zero attached hydrogens (tertiary/aromatic N) is 1. The molecule has 1 aromatic rings. The van der Waals surface area contributed by atoms with Gasteiger partial charge in [0.05, 0.1) is 7.11 Å². The lowest BCUT2D eigenvalue weighted by molar-refractivity contribution is -0.149. The molecule has 1 aromatic carbocycles. The molecule has 1 unspecified atom stereocenters. The van der Waals surface area contributed by atoms with E-state index >= 15 is 0 Å². The number of carbonyl (C=O) groups is 1. The number of aliphatic imine (C=N–C) groups is 1. The molecule has 4 heteroatoms. The fourth-order valence-corrected chi connectivity index (χ4v) is 2.32. The highest BCUT2D eigenvalue weighted by molar-refractivity contribution is 6.00. The van der Waals surface area contributed by atoms with Crippen LogP contribution in [0.3, 0.4) is 0 Å². The summed E-state index contributed by atoms with van der Waals surface area (Å²) < 4.78 is 10.5. The minimum atomic E-state index is -0.572. The molecule has 1 atom stereocenters. The number of hydrogen-bond acceptors (Lipinski definition) is 4. The number of methoxy groups -OCH3 is 1. The predicted octanol–water partition coefficient (Wildman–Crippen LogP) is 1.85. The molecule has 1 aliphatic carbocycles. The quantitative estimate of drug-likeness (QED) is 0.747. The zero-order chi connectivity index (χ0) is 12.8. The van der Waals surface area contributed by atoms with Gasteiger partial charge in [-0.3, -0.25) is 0 Å². The van der Waals surface area contributed by atoms with Gasteiger partial charge in [-0.25, -0.2) is 9.79 Å². The van der Waals surface area contributed by atoms with Crippen molar-refractivity contribution in [1.82, 2.24) is 0 Å². The topological polar surface area (TPSA) is 47.9 Å². The maximum atomic E-state index is 11.7. The fourth-order valence-electron chi connectivity index (χ4n) is 2.32. The van der Waals surface area contributed by atoms with Crippen LogP contribution in [-0.4, -0.2) is 30.6 Å². The Morgan fingerprint density at radius 3 is 2.78 bits per heavy atom. The largest absolute Gasteiger partial charge is 0.466 e. The van der Waals surface area contributed by atoms with Crippen LogP contribution in [0.1, 0.15) is 24.0 Å². The van der Waals surface area contributed by atoms with Crippen LogP contribution in [-0.2, 0) is 14.3 Å². The Balaban J connectivity index is 1.93. The van der Waals surface area contributed by atoms with Gasteiger partial charge in [0.1, 0.15) is 5.54 Å². The average molecular weight is 245 g/mol. The van der Waals surface area contributed by atoms with Gasteiger partial charge in [-0.1, -0.05) is 18.2 Å². The Bertz CT molecular complexity index is 532. The van der Waals surface area contributed by atoms with Gasteiger partial charge >= 0.3 is 5.97 Å². The van der Waals surface area contributed by atoms with Crippen LogP contribution < -0.4 is 0 Å². The van der Waals surface area contributed by atoms with Crippen molar-refractivity contribution in [2.45, 2.75) is 31.4 Å². The number of benzene rings is 1. The summed E-state index contributed by atoms with van der Waals surface area (Å²) in [6.07, 6.45) is 1.21. The summed E-state index contributed by atoms with van der Waals surface area (Å²) in [5.74, 6) is 0.237. The molecule has 0 bridgehead atoms. The lowest BCUT2D eigenvalue weighted by atomic mass is 10.1. The smallest absolute Gasteiger partial charge is 0.349 e. The molecule has 3 rings (SSSR count). The average Bonchev–Trinajstić information content (AvgIpc) is 3.03. The van der Waals surface area contributed by atoms with Crippen LogP contribution in [0.4, 0.5) is 0 Å². The van der Waals surface area contributed by atoms with Crippen LogP contribution >= 0.6 is 0 Å². The van der Waals surface area contributed by atoms with Gasteiger partial charge in [-0.2, -0.15) is 0 Å². The number of rotatable bonds is 2. The Labute approximate surface area is 106 Å². The monoisotopic (exact) mass is 245 g/mol. The Morgan fingerprint density at radius 1 is 1.44 bits per heavy atom. The first kappa shape index (κ1) is 11.3. The number of esters is 1. The molecule has 0 radical (unpaired) electrons. The molecule has 1 heterocycles. The molecule has 2 aliphatic rings. The first-order chi connectivity index (χ1) is 8.66. The second kappa shape index (κ2) is 3.83. The molecular formula is C14H15NO3. The van der Waals surface area contributed by atoms with E-state index in [2.05, 4.69) is 4.99 Å². The summed E-state index contributed by atoms with van der Waals surface area (Å²) in [4.78, 5) is 16.3. The zero-order valence-corrected chi connectivity index (χ0v) is 10.5. The van der Waals surface area contributed by atoms with E-state index in [0.29, 0.717) is 5.90 Å². The zero-order valence-electron chi connectivity index (χ0n) is 10.5. The number of carbonyl (C=O) groups excluding carboxylic acids is 1. The van der Waals surface area contributed by atoms with E-state index in [0.717, 1.165) is 24.0 Å². The summed E-state index contributed by atoms with van der Waals surface area (Å²) in [5, 5.41) is 0. The minimum Gasteiger partial charge on any atom is -0.466 e. The summed E-state index contributed by atoms with van der Waals surface area (Å²) in [5.41, 5.74) is 1.69. The van der Waals surface area contributed by atoms with Gasteiger partial charge in [0.2, 0.25) is 12.0 Å². The van der Waals surface area contributed by atoms with E-state index in [-0.39, 0.29) is 11.5 Å². The molecule has 4 nitrogen and oxygen atoms in total. The van der Waals surface area contributed by atoms with Crippen LogP contribution in [0.5, 0.6) is 0 Å². The third-order valence-electron chi connectivity index (χ3n) is 3.59. The van der Waals surface area contributed by atoms with Crippen LogP contribution in [0, 0.1) is 6.92 Å². The van der Waals surface area contributed by atoms with Crippen molar-refractivity contribution in [3.63, 3.8) is 0 Å². The van der Waals surface area contributed by atoms with E-state index in [1.165, 1.54) is 7.11 Å². The second-order valence-corrected chi connectivity index (χ2v) is 4.86. The van der Waals surface area contributed by atoms with Crippen molar-refractivity contribution >= 4 is 11.9 Å². The first-order valence-electron chi connectivity index (χ1n) is 6.07. The predicted molar refractivity (Wildman–Crippen MR) is 66.6 cm³/mol. The summed E-state index contributed by atoms with van der Waals surface area (Å²) >= 11 is 0. The maximum absolute atomic E-state index is 11.7. The molecular weight excluding hydrogens is 230 g/mol. The third kappa shape index (κ3) is 1.60. The van der Waals surface area contributed by atoms with Crippen LogP contribution in [0.25, 0.3) is 0 Å². The van der Waals surface area contributed by atoms with Gasteiger partial charge in [0.15, 0.2) is 0 Å². The van der Waals surface area contributed by atoms with Crippen molar-refractivity contribution in [3.05, 3.63) is 35.4 Å². The van der Waals surface area contributed by atoms with E-state index in [1.54, 1.807) is 0 Å². The van der Waals surface area contributed by atoms with Crippen molar-refractivity contribution in [3.8, 4) is 0 Å². The summed E-state index contributed by atoms with van der Waals surface area (Å²) in [6, 6.07) is 7.88. The molecule has 94 valence electrons. The van der Waals surface area contributed by atoms with Gasteiger partial charge in [-0.15, -0.1) is 0 Å². The van der Waals surface area contributed by atoms with E-state index < -0.39 is 6.10 Å². The highest BCUT2D eigenvalue weighted by atomic mass is 16.6. The minimum absolute atomic E-state index is 0.333. The SMILES string of the molecule is COC(=O)C1OC(c2ccccc2C)=NC12CC2. The molecule has 1 spiro atoms. The lowest BCUT2D eigenvalue weighted by Crippen LogP contribution is -2.34. The summed E-state index contributed by atoms with van der Waals surface area (Å²) in [7, 11) is 1.38. The Kier molecular flexibility index (Phi) is 2.40. The Hall–Kier alpha value is -1.84. The van der Waals surface area contributed by atoms with E-state index in [4.69, 9.17) is 9.47 Å². The van der Waals surface area contributed by atoms with Gasteiger partial charge in [0.25, 0.3) is 0 Å². The van der Waals surface area contributed by atoms with Gasteiger partial charge in [-0.05, 0) is 31.4 Å². The molecule has 0 aromatic heterocycles. The van der Waals surface area contributed by atoms with Crippen molar-refractivity contribution in [2.24, 2.45) is 4.99 Å². The molecule has 0 saturated heterocycles. The van der Waals surface area contributed by atoms with E-state index in [1.807, 2.05) is 31.2 Å². The fraction of sp³-hybridized carbons (Fsp3) is 0.429. The molecule has 1 fully saturated rings. The molecule has 0 N–H and O–H groups in total. The third-order valence-corrected chi connectivity index (χ3v) is 3.59. The molecule has 0 amide bonds. The van der Waals surface area contributed by atoms with Gasteiger partial charge in [0, 0.05) is 5.56 Å². The van der Waals surface area contributed by atoms with Crippen LogP contribution in [0.15, 0.2) is 29.3 Å². The standard InChI is InChI=1S/C14H15NO3/c1-9-5-3-4-6-10(9)12-15-14(7-8-14)11(18-12)13(16)17-2/h3-6,11H,7-8H2,1-2H3. The van der Waals surface area contributed by atoms with Crippen molar-refractivity contribution in [1.29, 1.82) is 0 Å². The summed E-state index contributed by atoms with van der Waals surface area (Å²) in [6.45, 7) is 2.01. The lowest BCUT2D eigenvalue weighted by Gasteiger charge is -2.13. The molecule has 1 saturated carbocycles. The maximum Gasteiger partial charge on any atom is 0.349 e. The Morgan fingerprint density at radius 2 is 2.17 bits per heavy atom. The highest BCUT2D eigenvalue weighted by Gasteiger charge is 2.59. The second-order valence-electron chi connectivity index (χ2n) is 4.86. The van der Waals surface area contributed by atoms with Crippen molar-refractivity contribution in [2.75, 3.05) is 7.11 Å². The first-order valence-corrected chi connectivity index (χ1v) is 6.07. The van der Waals surface area contributed by atoms with E-state index in [9.17, 15) is 4.79 Å². The molecule has 18 heavy (non-hydrogen) atoms. The van der Waals surface area contributed by atoms with Gasteiger partial charge < -0.3 is 9.47 Å². The number of aryl methyl sites for hydroxylation is 1. The number of hydrogen-bond donors (Lipinski definition) is 0. The normalized spacial score (nSPS) is 23.4. The van der Waals surface area contributed by atoms with Crippen LogP contribution in [0.2, 0.25) is 0 Å². The molecule has 1 aliphatic heterocycles. The number of ether oxygens (including phenoxy) is 2. The van der Waals surface area contributed by atoms with Crippen molar-refractivity contribution < 1.29 is 14.3 Å².